The summed E-state index contributed by atoms with van der Waals surface area (Å²) in [5, 5.41) is 0.658. The van der Waals surface area contributed by atoms with Gasteiger partial charge < -0.3 is 46.9 Å². The minimum atomic E-state index is -6.28. The van der Waals surface area contributed by atoms with Crippen LogP contribution in [0.15, 0.2) is 237 Å². The molecule has 0 saturated heterocycles. The summed E-state index contributed by atoms with van der Waals surface area (Å²) in [6.45, 7) is 2.55. The molecule has 0 radical (unpaired) electrons. The van der Waals surface area contributed by atoms with E-state index in [0.29, 0.717) is 22.0 Å². The Balaban J connectivity index is 0.000000192. The van der Waals surface area contributed by atoms with Crippen molar-refractivity contribution in [2.75, 3.05) is 73.7 Å². The fourth-order valence-electron chi connectivity index (χ4n) is 18.7. The molecule has 6 atom stereocenters. The van der Waals surface area contributed by atoms with E-state index in [-0.39, 0.29) is 101 Å². The molecule has 8 bridgehead atoms. The lowest BCUT2D eigenvalue weighted by Crippen LogP contribution is -2.65. The zero-order valence-corrected chi connectivity index (χ0v) is 80.4. The van der Waals surface area contributed by atoms with Crippen LogP contribution >= 0.6 is 0 Å². The number of rotatable bonds is 29. The van der Waals surface area contributed by atoms with Crippen LogP contribution in [0.5, 0.6) is 11.5 Å². The number of halogens is 18. The molecular weight excluding hydrogens is 1960 g/mol. The topological polar surface area (TPSA) is 274 Å². The van der Waals surface area contributed by atoms with Gasteiger partial charge in [-0.2, -0.15) is 95.9 Å². The van der Waals surface area contributed by atoms with Crippen molar-refractivity contribution in [1.29, 1.82) is 0 Å². The van der Waals surface area contributed by atoms with Gasteiger partial charge in [0.25, 0.3) is 20.2 Å². The van der Waals surface area contributed by atoms with Crippen LogP contribution < -0.4 is 9.47 Å². The van der Waals surface area contributed by atoms with E-state index in [1.807, 2.05) is 79.7 Å². The fourth-order valence-corrected chi connectivity index (χ4v) is 25.8. The molecule has 6 aromatic rings. The van der Waals surface area contributed by atoms with Crippen molar-refractivity contribution in [2.24, 2.45) is 46.3 Å². The summed E-state index contributed by atoms with van der Waals surface area (Å²) < 4.78 is 372. The van der Waals surface area contributed by atoms with Gasteiger partial charge in [0.15, 0.2) is 41.3 Å². The normalized spacial score (nSPS) is 23.7. The highest BCUT2D eigenvalue weighted by atomic mass is 32.2. The third-order valence-electron chi connectivity index (χ3n) is 24.7. The lowest BCUT2D eigenvalue weighted by Gasteiger charge is -2.55. The van der Waals surface area contributed by atoms with Crippen LogP contribution in [0.2, 0.25) is 0 Å². The lowest BCUT2D eigenvalue weighted by atomic mass is 9.49. The number of quaternary nitrogens is 1. The van der Waals surface area contributed by atoms with Crippen molar-refractivity contribution < 1.29 is 170 Å². The van der Waals surface area contributed by atoms with Crippen molar-refractivity contribution in [3.8, 4) is 11.5 Å². The third kappa shape index (κ3) is 30.2. The van der Waals surface area contributed by atoms with Crippen molar-refractivity contribution >= 4 is 64.1 Å². The first kappa shape index (κ1) is 113. The number of nitrogens with zero attached hydrogens (tertiary/aromatic N) is 1. The fraction of sp³-hybridized carbons (Fsp3) is 0.516. The van der Waals surface area contributed by atoms with Gasteiger partial charge in [0, 0.05) is 32.6 Å². The molecule has 6 unspecified atom stereocenters. The SMILES string of the molecule is COCOC(C)(COc1ccc([S+](c2ccccc2)C2C=CC=CC2)cc1)C(F)(F)F.COCOC(C)(COc1ccc([S+](c2ccccc2)C2C=CC=CC2)cc1)C(F)(F)F.C[N+](C)(C)Cc1ccccc1.Cc1ccc(S(=O)(=O)[O-])cc1.O=C(OC(CS(=O)(=O)O)(C(F)(F)F)C(F)(F)F)C12CC3CC(CC(C3)C1)C2.O=C(OC(CS(=O)(=O)O)(C(F)(F)F)C(F)(F)F)C12CC3CC(CC(C3)C1)C2. The van der Waals surface area contributed by atoms with Crippen molar-refractivity contribution in [3.05, 3.63) is 224 Å². The van der Waals surface area contributed by atoms with E-state index in [9.17, 15) is 118 Å². The molecule has 20 nitrogen and oxygen atoms in total. The molecule has 0 aliphatic heterocycles. The molecule has 764 valence electrons. The monoisotopic (exact) mass is 2070 g/mol. The number of aryl methyl sites for hydroxylation is 1. The van der Waals surface area contributed by atoms with E-state index >= 15 is 0 Å². The summed E-state index contributed by atoms with van der Waals surface area (Å²) in [4.78, 5) is 29.7. The number of allylic oxidation sites excluding steroid dienone is 6. The van der Waals surface area contributed by atoms with E-state index in [1.165, 1.54) is 41.7 Å². The first-order valence-corrected chi connectivity index (χ1v) is 50.7. The maximum atomic E-state index is 13.4. The van der Waals surface area contributed by atoms with Gasteiger partial charge >= 0.3 is 60.2 Å². The summed E-state index contributed by atoms with van der Waals surface area (Å²) in [5.41, 5.74) is -16.1. The zero-order valence-electron chi connectivity index (χ0n) is 76.3. The third-order valence-corrected chi connectivity index (χ3v) is 32.2. The van der Waals surface area contributed by atoms with Crippen LogP contribution in [-0.2, 0) is 96.7 Å². The number of alkyl halides is 18. The minimum Gasteiger partial charge on any atom is -0.744 e. The van der Waals surface area contributed by atoms with Crippen LogP contribution in [0.25, 0.3) is 0 Å². The summed E-state index contributed by atoms with van der Waals surface area (Å²) in [7, 11) is -7.05. The number of carbonyl (C=O) groups is 2. The Labute approximate surface area is 796 Å². The highest BCUT2D eigenvalue weighted by Gasteiger charge is 2.79. The summed E-state index contributed by atoms with van der Waals surface area (Å²) in [6.07, 6.45) is -9.99. The summed E-state index contributed by atoms with van der Waals surface area (Å²) in [5.74, 6) is -8.07. The maximum absolute atomic E-state index is 13.4. The molecule has 138 heavy (non-hydrogen) atoms. The van der Waals surface area contributed by atoms with E-state index in [0.717, 1.165) is 91.6 Å². The molecule has 10 aliphatic rings. The molecule has 8 saturated carbocycles. The first-order valence-electron chi connectivity index (χ1n) is 43.5. The highest BCUT2D eigenvalue weighted by Crippen LogP contribution is 2.64. The Morgan fingerprint density at radius 3 is 0.957 bits per heavy atom. The van der Waals surface area contributed by atoms with E-state index in [2.05, 4.69) is 131 Å². The zero-order chi connectivity index (χ0) is 102. The molecule has 10 aliphatic carbocycles. The van der Waals surface area contributed by atoms with E-state index in [1.54, 1.807) is 36.4 Å². The van der Waals surface area contributed by atoms with Gasteiger partial charge in [0.2, 0.25) is 0 Å². The molecular formula is C95H111F18NO19S5+2. The van der Waals surface area contributed by atoms with Crippen LogP contribution in [0.4, 0.5) is 79.0 Å². The standard InChI is InChI=1S/2C24H26F3O3S.2C15H18F6O5S.C10H16N.C7H8O3S/c2*1-23(24(25,26)27,30-18-28-2)17-29-19-13-15-22(16-14-19)31(20-9-5-3-6-10-20)21-11-7-4-8-12-21;2*16-14(17,18)13(15(19,20)21,7-27(23,24)25)26-11(22)12-4-8-1-9(5-12)3-10(2-8)6-12;1-11(2,3)9-10-7-5-4-6-8-10;1-6-2-4-7(5-3-6)11(8,9)10/h2*3-11,13-16,21H,12,17-18H2,1-2H3;2*8-10H,1-7H2,(H,23,24,25);4-8H,9H2,1-3H3;2-5H,1H3,(H,8,9,10)/q2*+1;;;+1;/p-1. The number of carbonyl (C=O) groups excluding carboxylic acids is 2. The van der Waals surface area contributed by atoms with Crippen LogP contribution in [0, 0.1) is 53.3 Å². The lowest BCUT2D eigenvalue weighted by molar-refractivity contribution is -0.884. The number of benzene rings is 6. The van der Waals surface area contributed by atoms with Gasteiger partial charge in [-0.05, 0) is 230 Å². The van der Waals surface area contributed by atoms with Crippen LogP contribution in [0.3, 0.4) is 0 Å². The predicted molar refractivity (Wildman–Crippen MR) is 476 cm³/mol. The molecule has 0 amide bonds. The molecule has 2 N–H and O–H groups in total. The number of methoxy groups -OCH3 is 2. The quantitative estimate of drug-likeness (QED) is 0.0110. The van der Waals surface area contributed by atoms with Gasteiger partial charge in [-0.25, -0.2) is 8.42 Å². The first-order chi connectivity index (χ1) is 63.9. The van der Waals surface area contributed by atoms with Gasteiger partial charge in [-0.1, -0.05) is 121 Å². The van der Waals surface area contributed by atoms with Gasteiger partial charge in [0.05, 0.1) is 58.7 Å². The Morgan fingerprint density at radius 1 is 0.420 bits per heavy atom. The maximum Gasteiger partial charge on any atom is 0.438 e. The second kappa shape index (κ2) is 45.6. The van der Waals surface area contributed by atoms with Crippen LogP contribution in [-0.4, -0.2) is 199 Å². The Bertz CT molecular complexity index is 5080. The largest absolute Gasteiger partial charge is 0.744 e. The van der Waals surface area contributed by atoms with Crippen molar-refractivity contribution in [1.82, 2.24) is 0 Å². The molecule has 6 aromatic carbocycles. The molecule has 0 heterocycles. The highest BCUT2D eigenvalue weighted by molar-refractivity contribution is 7.98. The second-order valence-electron chi connectivity index (χ2n) is 37.0. The summed E-state index contributed by atoms with van der Waals surface area (Å²) in [6, 6.07) is 51.4. The average molecular weight is 2070 g/mol. The smallest absolute Gasteiger partial charge is 0.438 e. The van der Waals surface area contributed by atoms with E-state index < -0.39 is 151 Å². The van der Waals surface area contributed by atoms with Crippen molar-refractivity contribution in [3.63, 3.8) is 0 Å². The minimum absolute atomic E-state index is 0.0385. The Hall–Kier alpha value is -8.21. The number of hydrogen-bond acceptors (Lipinski definition) is 17. The van der Waals surface area contributed by atoms with Gasteiger partial charge in [-0.15, -0.1) is 0 Å². The van der Waals surface area contributed by atoms with Crippen LogP contribution in [0.1, 0.15) is 115 Å². The van der Waals surface area contributed by atoms with E-state index in [4.69, 9.17) is 28.1 Å². The summed E-state index contributed by atoms with van der Waals surface area (Å²) >= 11 is 0. The number of hydrogen-bond donors (Lipinski definition) is 2. The average Bonchev–Trinajstić information content (AvgIpc) is 0.724. The predicted octanol–water partition coefficient (Wildman–Crippen LogP) is 21.6. The Morgan fingerprint density at radius 2 is 0.710 bits per heavy atom. The Kier molecular flexibility index (Phi) is 37.5. The number of ether oxygens (including phenoxy) is 8. The molecule has 43 heteroatoms. The van der Waals surface area contributed by atoms with Gasteiger partial charge in [-0.3, -0.25) is 18.7 Å². The molecule has 16 rings (SSSR count). The molecule has 0 spiro atoms. The van der Waals surface area contributed by atoms with Crippen molar-refractivity contribution in [2.45, 2.75) is 212 Å². The number of esters is 2. The second-order valence-corrected chi connectivity index (χ2v) is 45.8. The van der Waals surface area contributed by atoms with Gasteiger partial charge in [0.1, 0.15) is 66.5 Å². The molecule has 0 aromatic heterocycles. The molecule has 8 fully saturated rings.